The van der Waals surface area contributed by atoms with Crippen molar-refractivity contribution >= 4 is 5.91 Å². The number of carbonyl (C=O) groups excluding carboxylic acids is 1. The number of hydrogen-bond donors (Lipinski definition) is 9. The van der Waals surface area contributed by atoms with Gasteiger partial charge in [0.25, 0.3) is 0 Å². The highest BCUT2D eigenvalue weighted by molar-refractivity contribution is 5.76. The molecule has 2 rings (SSSR count). The van der Waals surface area contributed by atoms with Crippen LogP contribution in [0.2, 0.25) is 0 Å². The number of aliphatic hydroxyl groups excluding tert-OH is 8. The van der Waals surface area contributed by atoms with E-state index in [0.29, 0.717) is 6.42 Å². The van der Waals surface area contributed by atoms with Crippen LogP contribution in [0.1, 0.15) is 380 Å². The highest BCUT2D eigenvalue weighted by Gasteiger charge is 2.51. The quantitative estimate of drug-likeness (QED) is 0.0204. The third-order valence-corrected chi connectivity index (χ3v) is 21.0. The maximum Gasteiger partial charge on any atom is 0.220 e. The van der Waals surface area contributed by atoms with Crippen molar-refractivity contribution in [3.8, 4) is 0 Å². The number of amides is 1. The SMILES string of the molecule is CC/C=C\C/C=C\C/C=C\C/C=C\C/C=C\C/C=C\C/C=C\CCCCCCCCCCCCCCCCCCCCCC(=O)NC(COC1OC(CO)C(OC2OC(CO)C(O)C(O)C2O)C(O)C1O)C(O)/C=C/CCCCCCCCCCCCCCCCCCCCCCCCCCCCCC. The van der Waals surface area contributed by atoms with Crippen molar-refractivity contribution in [3.05, 3.63) is 97.2 Å². The summed E-state index contributed by atoms with van der Waals surface area (Å²) in [5.41, 5.74) is 0. The predicted molar refractivity (Wildman–Crippen MR) is 438 cm³/mol. The number of ether oxygens (including phenoxy) is 4. The Morgan fingerprint density at radius 2 is 0.657 bits per heavy atom. The van der Waals surface area contributed by atoms with Crippen LogP contribution >= 0.6 is 0 Å². The lowest BCUT2D eigenvalue weighted by atomic mass is 9.97. The first-order chi connectivity index (χ1) is 51.6. The predicted octanol–water partition coefficient (Wildman–Crippen LogP) is 21.2. The van der Waals surface area contributed by atoms with Gasteiger partial charge < -0.3 is 65.1 Å². The number of carbonyl (C=O) groups is 1. The van der Waals surface area contributed by atoms with Gasteiger partial charge in [-0.25, -0.2) is 0 Å². The lowest BCUT2D eigenvalue weighted by Crippen LogP contribution is -2.65. The van der Waals surface area contributed by atoms with Crippen LogP contribution < -0.4 is 5.32 Å². The summed E-state index contributed by atoms with van der Waals surface area (Å²) in [6.07, 6.45) is 89.4. The van der Waals surface area contributed by atoms with Crippen LogP contribution in [0.25, 0.3) is 0 Å². The van der Waals surface area contributed by atoms with Crippen molar-refractivity contribution in [2.24, 2.45) is 0 Å². The van der Waals surface area contributed by atoms with E-state index in [-0.39, 0.29) is 18.9 Å². The fourth-order valence-corrected chi connectivity index (χ4v) is 14.2. The zero-order chi connectivity index (χ0) is 75.8. The standard InChI is InChI=1S/C91H163NO13/c1-3-5-7-9-11-13-15-17-19-21-23-25-27-29-31-33-35-36-37-38-39-40-41-42-43-44-45-47-49-51-53-55-57-59-61-63-65-67-69-71-73-75-83(96)92-79(78-102-90-88(101)86(99)89(82(77-94)104-90)105-91-87(100)85(98)84(97)81(76-93)103-91)80(95)74-72-70-68-66-64-62-60-58-56-54-52-50-48-46-34-32-30-28-26-24-22-20-18-16-14-12-10-8-6-4-2/h5,7,11,13,17,19,23,25,29,31,35-36,38-39,72,74,79-82,84-91,93-95,97-101H,3-4,6,8-10,12,14-16,18,20-22,24,26-28,30,32-34,37,40-71,73,75-78H2,1-2H3,(H,92,96)/b7-5-,13-11-,19-17-,25-23-,31-29-,36-35-,39-38-,74-72+. The van der Waals surface area contributed by atoms with Gasteiger partial charge in [0.15, 0.2) is 12.6 Å². The highest BCUT2D eigenvalue weighted by Crippen LogP contribution is 2.30. The fraction of sp³-hybridized carbons (Fsp3) is 0.813. The Morgan fingerprint density at radius 3 is 1.01 bits per heavy atom. The van der Waals surface area contributed by atoms with Crippen molar-refractivity contribution in [2.75, 3.05) is 19.8 Å². The molecule has 610 valence electrons. The van der Waals surface area contributed by atoms with Crippen molar-refractivity contribution in [2.45, 2.75) is 453 Å². The van der Waals surface area contributed by atoms with E-state index in [1.807, 2.05) is 6.08 Å². The minimum absolute atomic E-state index is 0.234. The summed E-state index contributed by atoms with van der Waals surface area (Å²) in [5, 5.41) is 87.9. The van der Waals surface area contributed by atoms with E-state index in [1.54, 1.807) is 6.08 Å². The molecule has 0 saturated carbocycles. The lowest BCUT2D eigenvalue weighted by Gasteiger charge is -2.46. The molecule has 0 aromatic rings. The van der Waals surface area contributed by atoms with E-state index in [0.717, 1.165) is 83.5 Å². The molecule has 2 heterocycles. The van der Waals surface area contributed by atoms with Gasteiger partial charge in [-0.2, -0.15) is 0 Å². The van der Waals surface area contributed by atoms with Gasteiger partial charge >= 0.3 is 0 Å². The number of unbranched alkanes of at least 4 members (excludes halogenated alkanes) is 47. The second kappa shape index (κ2) is 73.7. The van der Waals surface area contributed by atoms with Crippen LogP contribution in [-0.2, 0) is 23.7 Å². The monoisotopic (exact) mass is 1480 g/mol. The number of allylic oxidation sites excluding steroid dienone is 15. The molecule has 9 N–H and O–H groups in total. The number of nitrogens with one attached hydrogen (secondary N) is 1. The zero-order valence-electron chi connectivity index (χ0n) is 67.2. The smallest absolute Gasteiger partial charge is 0.220 e. The molecule has 0 spiro atoms. The first-order valence-electron chi connectivity index (χ1n) is 44.0. The Morgan fingerprint density at radius 1 is 0.352 bits per heavy atom. The molecule has 12 atom stereocenters. The molecule has 2 fully saturated rings. The van der Waals surface area contributed by atoms with Crippen LogP contribution in [0.4, 0.5) is 0 Å². The molecule has 14 heteroatoms. The minimum Gasteiger partial charge on any atom is -0.394 e. The van der Waals surface area contributed by atoms with Crippen LogP contribution in [0.3, 0.4) is 0 Å². The van der Waals surface area contributed by atoms with Crippen LogP contribution in [0.5, 0.6) is 0 Å². The maximum absolute atomic E-state index is 13.4. The lowest BCUT2D eigenvalue weighted by molar-refractivity contribution is -0.359. The molecule has 14 nitrogen and oxygen atoms in total. The number of rotatable bonds is 74. The van der Waals surface area contributed by atoms with Gasteiger partial charge in [0, 0.05) is 6.42 Å². The summed E-state index contributed by atoms with van der Waals surface area (Å²) >= 11 is 0. The molecule has 2 aliphatic rings. The Kier molecular flexibility index (Phi) is 68.8. The molecule has 2 aliphatic heterocycles. The van der Waals surface area contributed by atoms with Crippen LogP contribution in [-0.4, -0.2) is 140 Å². The van der Waals surface area contributed by atoms with Gasteiger partial charge in [-0.15, -0.1) is 0 Å². The third-order valence-electron chi connectivity index (χ3n) is 21.0. The topological polar surface area (TPSA) is 228 Å². The summed E-state index contributed by atoms with van der Waals surface area (Å²) in [7, 11) is 0. The van der Waals surface area contributed by atoms with E-state index < -0.39 is 86.8 Å². The average Bonchev–Trinajstić information content (AvgIpc) is 0.769. The van der Waals surface area contributed by atoms with E-state index >= 15 is 0 Å². The van der Waals surface area contributed by atoms with Gasteiger partial charge in [-0.3, -0.25) is 4.79 Å². The summed E-state index contributed by atoms with van der Waals surface area (Å²) in [6, 6.07) is -0.920. The van der Waals surface area contributed by atoms with Crippen molar-refractivity contribution in [1.29, 1.82) is 0 Å². The zero-order valence-corrected chi connectivity index (χ0v) is 67.2. The second-order valence-corrected chi connectivity index (χ2v) is 30.6. The molecular weight excluding hydrogens is 1310 g/mol. The molecule has 0 aromatic heterocycles. The largest absolute Gasteiger partial charge is 0.394 e. The van der Waals surface area contributed by atoms with E-state index in [1.165, 1.54) is 270 Å². The molecular formula is C91H163NO13. The van der Waals surface area contributed by atoms with Gasteiger partial charge in [0.05, 0.1) is 32.0 Å². The van der Waals surface area contributed by atoms with E-state index in [9.17, 15) is 45.6 Å². The molecule has 12 unspecified atom stereocenters. The number of hydrogen-bond acceptors (Lipinski definition) is 13. The van der Waals surface area contributed by atoms with Crippen LogP contribution in [0.15, 0.2) is 97.2 Å². The van der Waals surface area contributed by atoms with Crippen molar-refractivity contribution in [3.63, 3.8) is 0 Å². The Labute approximate surface area is 643 Å². The Hall–Kier alpha value is -3.09. The van der Waals surface area contributed by atoms with Gasteiger partial charge in [-0.1, -0.05) is 394 Å². The second-order valence-electron chi connectivity index (χ2n) is 30.6. The highest BCUT2D eigenvalue weighted by atomic mass is 16.7. The maximum atomic E-state index is 13.4. The van der Waals surface area contributed by atoms with E-state index in [4.69, 9.17) is 18.9 Å². The summed E-state index contributed by atoms with van der Waals surface area (Å²) in [5.74, 6) is -0.234. The molecule has 0 aromatic carbocycles. The van der Waals surface area contributed by atoms with Gasteiger partial charge in [0.1, 0.15) is 48.8 Å². The third kappa shape index (κ3) is 55.9. The first-order valence-corrected chi connectivity index (χ1v) is 44.0. The summed E-state index contributed by atoms with van der Waals surface area (Å²) in [4.78, 5) is 13.4. The molecule has 0 aliphatic carbocycles. The molecule has 2 saturated heterocycles. The molecule has 1 amide bonds. The van der Waals surface area contributed by atoms with Crippen molar-refractivity contribution in [1.82, 2.24) is 5.32 Å². The Bertz CT molecular complexity index is 2140. The average molecular weight is 1480 g/mol. The normalized spacial score (nSPS) is 21.8. The van der Waals surface area contributed by atoms with Crippen molar-refractivity contribution < 1.29 is 64.6 Å². The minimum atomic E-state index is -1.79. The summed E-state index contributed by atoms with van der Waals surface area (Å²) < 4.78 is 23.0. The first kappa shape index (κ1) is 98.0. The van der Waals surface area contributed by atoms with E-state index in [2.05, 4.69) is 104 Å². The van der Waals surface area contributed by atoms with Gasteiger partial charge in [-0.05, 0) is 77.0 Å². The molecule has 0 bridgehead atoms. The Balaban J connectivity index is 1.57. The summed E-state index contributed by atoms with van der Waals surface area (Å²) in [6.45, 7) is 2.74. The van der Waals surface area contributed by atoms with Crippen LogP contribution in [0, 0.1) is 0 Å². The molecule has 0 radical (unpaired) electrons. The molecule has 105 heavy (non-hydrogen) atoms. The number of aliphatic hydroxyl groups is 8. The fourth-order valence-electron chi connectivity index (χ4n) is 14.2. The van der Waals surface area contributed by atoms with Gasteiger partial charge in [0.2, 0.25) is 5.91 Å².